The summed E-state index contributed by atoms with van der Waals surface area (Å²) in [7, 11) is 2.19. The van der Waals surface area contributed by atoms with Crippen molar-refractivity contribution in [3.05, 3.63) is 17.0 Å². The van der Waals surface area contributed by atoms with Crippen molar-refractivity contribution >= 4 is 0 Å². The summed E-state index contributed by atoms with van der Waals surface area (Å²) < 4.78 is 2.11. The van der Waals surface area contributed by atoms with Gasteiger partial charge in [0.15, 0.2) is 0 Å². The van der Waals surface area contributed by atoms with Crippen molar-refractivity contribution in [1.29, 1.82) is 0 Å². The second-order valence-electron chi connectivity index (χ2n) is 6.53. The third kappa shape index (κ3) is 4.09. The van der Waals surface area contributed by atoms with E-state index in [1.807, 2.05) is 0 Å². The molecule has 2 rings (SSSR count). The van der Waals surface area contributed by atoms with Gasteiger partial charge in [-0.05, 0) is 60.2 Å². The highest BCUT2D eigenvalue weighted by Crippen LogP contribution is 2.21. The van der Waals surface area contributed by atoms with Crippen molar-refractivity contribution < 1.29 is 5.11 Å². The number of aliphatic hydroxyl groups excluding tert-OH is 1. The van der Waals surface area contributed by atoms with E-state index in [0.717, 1.165) is 39.1 Å². The third-order valence-electron chi connectivity index (χ3n) is 5.06. The largest absolute Gasteiger partial charge is 0.396 e. The molecule has 126 valence electrons. The minimum absolute atomic E-state index is 0.295. The molecular weight excluding hydrogens is 276 g/mol. The van der Waals surface area contributed by atoms with E-state index in [2.05, 4.69) is 47.4 Å². The number of hydrogen-bond acceptors (Lipinski definition) is 4. The number of aryl methyl sites for hydroxylation is 2. The predicted molar refractivity (Wildman–Crippen MR) is 90.0 cm³/mol. The van der Waals surface area contributed by atoms with Gasteiger partial charge < -0.3 is 10.0 Å². The Labute approximate surface area is 134 Å². The lowest BCUT2D eigenvalue weighted by atomic mass is 10.0. The van der Waals surface area contributed by atoms with Crippen LogP contribution < -0.4 is 0 Å². The topological polar surface area (TPSA) is 44.5 Å². The van der Waals surface area contributed by atoms with E-state index in [0.29, 0.717) is 12.6 Å². The average molecular weight is 308 g/mol. The highest BCUT2D eigenvalue weighted by Gasteiger charge is 2.23. The van der Waals surface area contributed by atoms with Crippen LogP contribution in [0.2, 0.25) is 0 Å². The maximum atomic E-state index is 8.95. The van der Waals surface area contributed by atoms with Crippen molar-refractivity contribution in [1.82, 2.24) is 19.6 Å². The van der Waals surface area contributed by atoms with Crippen molar-refractivity contribution in [2.75, 3.05) is 33.3 Å². The van der Waals surface area contributed by atoms with E-state index < -0.39 is 0 Å². The Morgan fingerprint density at radius 2 is 1.95 bits per heavy atom. The Morgan fingerprint density at radius 3 is 2.50 bits per heavy atom. The van der Waals surface area contributed by atoms with Crippen LogP contribution in [-0.2, 0) is 13.1 Å². The molecule has 1 aliphatic heterocycles. The van der Waals surface area contributed by atoms with E-state index in [-0.39, 0.29) is 0 Å². The molecule has 1 N–H and O–H groups in total. The fourth-order valence-corrected chi connectivity index (χ4v) is 3.52. The quantitative estimate of drug-likeness (QED) is 0.834. The Balaban J connectivity index is 1.86. The number of hydrogen-bond donors (Lipinski definition) is 1. The molecule has 2 heterocycles. The molecule has 5 heteroatoms. The molecule has 0 bridgehead atoms. The number of likely N-dealkylation sites (tertiary alicyclic amines) is 1. The molecule has 1 aromatic heterocycles. The van der Waals surface area contributed by atoms with Gasteiger partial charge in [0.25, 0.3) is 0 Å². The summed E-state index contributed by atoms with van der Waals surface area (Å²) >= 11 is 0. The van der Waals surface area contributed by atoms with Gasteiger partial charge in [0.05, 0.1) is 5.69 Å². The Bertz CT molecular complexity index is 463. The Hall–Kier alpha value is -0.910. The summed E-state index contributed by atoms with van der Waals surface area (Å²) in [4.78, 5) is 4.98. The average Bonchev–Trinajstić information content (AvgIpc) is 2.80. The van der Waals surface area contributed by atoms with Gasteiger partial charge in [-0.25, -0.2) is 0 Å². The standard InChI is InChI=1S/C17H32N4O/c1-5-21-15(3)17(14(2)18-21)13-20-10-7-16(8-11-20)19(4)9-6-12-22/h16,22H,5-13H2,1-4H3. The smallest absolute Gasteiger partial charge is 0.0641 e. The molecule has 5 nitrogen and oxygen atoms in total. The highest BCUT2D eigenvalue weighted by molar-refractivity contribution is 5.24. The highest BCUT2D eigenvalue weighted by atomic mass is 16.3. The maximum Gasteiger partial charge on any atom is 0.0641 e. The number of nitrogens with zero attached hydrogens (tertiary/aromatic N) is 4. The molecule has 0 unspecified atom stereocenters. The first-order valence-electron chi connectivity index (χ1n) is 8.63. The summed E-state index contributed by atoms with van der Waals surface area (Å²) in [5.74, 6) is 0. The van der Waals surface area contributed by atoms with Crippen LogP contribution in [0.3, 0.4) is 0 Å². The lowest BCUT2D eigenvalue weighted by molar-refractivity contribution is 0.117. The molecular formula is C17H32N4O. The first-order valence-corrected chi connectivity index (χ1v) is 8.63. The van der Waals surface area contributed by atoms with Crippen LogP contribution in [0.25, 0.3) is 0 Å². The zero-order valence-electron chi connectivity index (χ0n) is 14.7. The second kappa shape index (κ2) is 8.09. The van der Waals surface area contributed by atoms with Crippen LogP contribution in [0.1, 0.15) is 43.1 Å². The molecule has 1 saturated heterocycles. The lowest BCUT2D eigenvalue weighted by Crippen LogP contribution is -2.43. The van der Waals surface area contributed by atoms with Crippen molar-refractivity contribution in [3.63, 3.8) is 0 Å². The summed E-state index contributed by atoms with van der Waals surface area (Å²) in [5.41, 5.74) is 3.91. The molecule has 0 saturated carbocycles. The van der Waals surface area contributed by atoms with Crippen LogP contribution in [0.5, 0.6) is 0 Å². The van der Waals surface area contributed by atoms with Crippen molar-refractivity contribution in [3.8, 4) is 0 Å². The monoisotopic (exact) mass is 308 g/mol. The molecule has 1 fully saturated rings. The number of piperidine rings is 1. The minimum Gasteiger partial charge on any atom is -0.396 e. The van der Waals surface area contributed by atoms with Gasteiger partial charge in [-0.15, -0.1) is 0 Å². The molecule has 1 aromatic rings. The number of aliphatic hydroxyl groups is 1. The van der Waals surface area contributed by atoms with Crippen molar-refractivity contribution in [2.24, 2.45) is 0 Å². The molecule has 0 radical (unpaired) electrons. The van der Waals surface area contributed by atoms with Crippen LogP contribution in [0.15, 0.2) is 0 Å². The number of rotatable bonds is 7. The summed E-state index contributed by atoms with van der Waals surface area (Å²) in [6, 6.07) is 0.670. The van der Waals surface area contributed by atoms with Gasteiger partial charge in [-0.1, -0.05) is 0 Å². The van der Waals surface area contributed by atoms with Crippen molar-refractivity contribution in [2.45, 2.75) is 59.2 Å². The van der Waals surface area contributed by atoms with Gasteiger partial charge in [0.2, 0.25) is 0 Å². The molecule has 0 atom stereocenters. The molecule has 0 aromatic carbocycles. The van der Waals surface area contributed by atoms with Gasteiger partial charge in [0, 0.05) is 43.5 Å². The molecule has 0 spiro atoms. The van der Waals surface area contributed by atoms with E-state index in [9.17, 15) is 0 Å². The fraction of sp³-hybridized carbons (Fsp3) is 0.824. The van der Waals surface area contributed by atoms with Crippen LogP contribution in [0, 0.1) is 13.8 Å². The first kappa shape index (κ1) is 17.4. The second-order valence-corrected chi connectivity index (χ2v) is 6.53. The Morgan fingerprint density at radius 1 is 1.27 bits per heavy atom. The number of aromatic nitrogens is 2. The van der Waals surface area contributed by atoms with Crippen LogP contribution in [0.4, 0.5) is 0 Å². The van der Waals surface area contributed by atoms with E-state index in [1.165, 1.54) is 29.8 Å². The molecule has 1 aliphatic rings. The van der Waals surface area contributed by atoms with Gasteiger partial charge in [-0.2, -0.15) is 5.10 Å². The summed E-state index contributed by atoms with van der Waals surface area (Å²) in [6.07, 6.45) is 3.33. The molecule has 22 heavy (non-hydrogen) atoms. The molecule has 0 amide bonds. The summed E-state index contributed by atoms with van der Waals surface area (Å²) in [6.45, 7) is 12.1. The first-order chi connectivity index (χ1) is 10.6. The van der Waals surface area contributed by atoms with Gasteiger partial charge in [0.1, 0.15) is 0 Å². The van der Waals surface area contributed by atoms with Crippen LogP contribution in [-0.4, -0.2) is 64.0 Å². The Kier molecular flexibility index (Phi) is 6.41. The van der Waals surface area contributed by atoms with Gasteiger partial charge in [-0.3, -0.25) is 9.58 Å². The fourth-order valence-electron chi connectivity index (χ4n) is 3.52. The third-order valence-corrected chi connectivity index (χ3v) is 5.06. The normalized spacial score (nSPS) is 17.5. The van der Waals surface area contributed by atoms with E-state index in [1.54, 1.807) is 0 Å². The SMILES string of the molecule is CCn1nc(C)c(CN2CCC(N(C)CCCO)CC2)c1C. The van der Waals surface area contributed by atoms with Gasteiger partial charge >= 0.3 is 0 Å². The summed E-state index contributed by atoms with van der Waals surface area (Å²) in [5, 5.41) is 13.6. The van der Waals surface area contributed by atoms with E-state index >= 15 is 0 Å². The predicted octanol–water partition coefficient (Wildman–Crippen LogP) is 1.80. The minimum atomic E-state index is 0.295. The van der Waals surface area contributed by atoms with E-state index in [4.69, 9.17) is 5.11 Å². The lowest BCUT2D eigenvalue weighted by Gasteiger charge is -2.36. The molecule has 0 aliphatic carbocycles. The zero-order chi connectivity index (χ0) is 16.1. The maximum absolute atomic E-state index is 8.95. The van der Waals surface area contributed by atoms with Crippen LogP contribution >= 0.6 is 0 Å². The zero-order valence-corrected chi connectivity index (χ0v) is 14.7.